The first kappa shape index (κ1) is 19.4. The van der Waals surface area contributed by atoms with Crippen molar-refractivity contribution in [1.29, 1.82) is 0 Å². The zero-order valence-corrected chi connectivity index (χ0v) is 17.1. The van der Waals surface area contributed by atoms with Gasteiger partial charge in [0.25, 0.3) is 5.91 Å². The average molecular weight is 416 g/mol. The van der Waals surface area contributed by atoms with Gasteiger partial charge in [0.2, 0.25) is 5.91 Å². The van der Waals surface area contributed by atoms with Crippen LogP contribution in [0, 0.1) is 11.8 Å². The number of aromatic nitrogens is 4. The first-order valence-electron chi connectivity index (χ1n) is 10.6. The van der Waals surface area contributed by atoms with E-state index in [1.807, 2.05) is 40.1 Å². The number of rotatable bonds is 3. The number of nitrogens with one attached hydrogen (secondary N) is 1. The van der Waals surface area contributed by atoms with Gasteiger partial charge in [-0.2, -0.15) is 0 Å². The third-order valence-corrected chi connectivity index (χ3v) is 6.39. The van der Waals surface area contributed by atoms with E-state index in [9.17, 15) is 9.59 Å². The summed E-state index contributed by atoms with van der Waals surface area (Å²) in [5, 5.41) is 10.6. The number of carbonyl (C=O) groups is 2. The normalized spacial score (nSPS) is 21.4. The highest BCUT2D eigenvalue weighted by Crippen LogP contribution is 2.32. The number of aromatic amines is 1. The molecule has 2 amide bonds. The zero-order valence-electron chi connectivity index (χ0n) is 17.1. The smallest absolute Gasteiger partial charge is 0.253 e. The minimum Gasteiger partial charge on any atom is -0.339 e. The van der Waals surface area contributed by atoms with Crippen molar-refractivity contribution in [2.24, 2.45) is 11.8 Å². The summed E-state index contributed by atoms with van der Waals surface area (Å²) in [6.07, 6.45) is 8.74. The highest BCUT2D eigenvalue weighted by molar-refractivity contribution is 5.97. The molecular formula is C23H24N6O2. The molecule has 0 aliphatic carbocycles. The maximum atomic E-state index is 13.0. The number of carbonyl (C=O) groups excluding carboxylic acids is 2. The van der Waals surface area contributed by atoms with Gasteiger partial charge in [0.15, 0.2) is 0 Å². The molecule has 0 bridgehead atoms. The van der Waals surface area contributed by atoms with Crippen LogP contribution in [0.5, 0.6) is 0 Å². The summed E-state index contributed by atoms with van der Waals surface area (Å²) in [5.74, 6) is 0.947. The van der Waals surface area contributed by atoms with Gasteiger partial charge in [-0.1, -0.05) is 11.3 Å². The first-order chi connectivity index (χ1) is 15.2. The SMILES string of the molecule is O=C(/C=C/c1cccnc1)N1CC[C@@H]2CN(C(=O)c3ccc4[nH]nnc4c3)C[C@@H]2CC1. The molecule has 2 fully saturated rings. The zero-order chi connectivity index (χ0) is 21.2. The molecule has 0 spiro atoms. The molecule has 8 heteroatoms. The number of nitrogens with zero attached hydrogens (tertiary/aromatic N) is 5. The summed E-state index contributed by atoms with van der Waals surface area (Å²) < 4.78 is 0. The Hall–Kier alpha value is -3.55. The third-order valence-electron chi connectivity index (χ3n) is 6.39. The summed E-state index contributed by atoms with van der Waals surface area (Å²) in [6, 6.07) is 9.25. The number of pyridine rings is 1. The maximum Gasteiger partial charge on any atom is 0.253 e. The molecule has 0 radical (unpaired) electrons. The largest absolute Gasteiger partial charge is 0.339 e. The molecule has 8 nitrogen and oxygen atoms in total. The van der Waals surface area contributed by atoms with E-state index in [0.717, 1.165) is 50.1 Å². The molecule has 31 heavy (non-hydrogen) atoms. The number of H-pyrrole nitrogens is 1. The van der Waals surface area contributed by atoms with E-state index in [0.29, 0.717) is 22.9 Å². The predicted molar refractivity (Wildman–Crippen MR) is 116 cm³/mol. The Bertz CT molecular complexity index is 1110. The van der Waals surface area contributed by atoms with Crippen LogP contribution in [0.1, 0.15) is 28.8 Å². The van der Waals surface area contributed by atoms with Crippen molar-refractivity contribution < 1.29 is 9.59 Å². The van der Waals surface area contributed by atoms with Crippen molar-refractivity contribution in [3.8, 4) is 0 Å². The number of fused-ring (bicyclic) bond motifs is 2. The molecular weight excluding hydrogens is 392 g/mol. The fraction of sp³-hybridized carbons (Fsp3) is 0.348. The molecule has 1 N–H and O–H groups in total. The molecule has 1 aromatic carbocycles. The molecule has 158 valence electrons. The second-order valence-electron chi connectivity index (χ2n) is 8.30. The van der Waals surface area contributed by atoms with Crippen LogP contribution in [0.15, 0.2) is 48.8 Å². The fourth-order valence-corrected chi connectivity index (χ4v) is 4.64. The molecule has 0 saturated carbocycles. The van der Waals surface area contributed by atoms with Crippen molar-refractivity contribution in [2.75, 3.05) is 26.2 Å². The highest BCUT2D eigenvalue weighted by Gasteiger charge is 2.37. The van der Waals surface area contributed by atoms with Crippen LogP contribution in [0.2, 0.25) is 0 Å². The molecule has 2 atom stereocenters. The Morgan fingerprint density at radius 3 is 2.61 bits per heavy atom. The summed E-state index contributed by atoms with van der Waals surface area (Å²) in [5.41, 5.74) is 3.09. The van der Waals surface area contributed by atoms with Gasteiger partial charge in [-0.3, -0.25) is 19.7 Å². The van der Waals surface area contributed by atoms with Crippen molar-refractivity contribution >= 4 is 28.9 Å². The van der Waals surface area contributed by atoms with E-state index >= 15 is 0 Å². The molecule has 2 aliphatic heterocycles. The van der Waals surface area contributed by atoms with Gasteiger partial charge in [0.1, 0.15) is 5.52 Å². The third kappa shape index (κ3) is 4.05. The predicted octanol–water partition coefficient (Wildman–Crippen LogP) is 2.38. The standard InChI is InChI=1S/C23H24N6O2/c30-22(6-3-16-2-1-9-24-13-16)28-10-7-18-14-29(15-19(18)8-11-28)23(31)17-4-5-20-21(12-17)26-27-25-20/h1-6,9,12-13,18-19H,7-8,10-11,14-15H2,(H,25,26,27)/b6-3+/t18-,19+. The fourth-order valence-electron chi connectivity index (χ4n) is 4.64. The number of amides is 2. The Morgan fingerprint density at radius 2 is 1.87 bits per heavy atom. The molecule has 2 saturated heterocycles. The van der Waals surface area contributed by atoms with E-state index < -0.39 is 0 Å². The van der Waals surface area contributed by atoms with Crippen LogP contribution >= 0.6 is 0 Å². The minimum atomic E-state index is 0.0395. The van der Waals surface area contributed by atoms with Gasteiger partial charge in [0.05, 0.1) is 5.52 Å². The second-order valence-corrected chi connectivity index (χ2v) is 8.30. The Morgan fingerprint density at radius 1 is 1.06 bits per heavy atom. The lowest BCUT2D eigenvalue weighted by Crippen LogP contribution is -2.33. The van der Waals surface area contributed by atoms with Gasteiger partial charge < -0.3 is 9.80 Å². The van der Waals surface area contributed by atoms with E-state index in [-0.39, 0.29) is 11.8 Å². The van der Waals surface area contributed by atoms with Gasteiger partial charge in [-0.05, 0) is 60.6 Å². The molecule has 5 rings (SSSR count). The number of likely N-dealkylation sites (tertiary alicyclic amines) is 2. The average Bonchev–Trinajstić information content (AvgIpc) is 3.39. The van der Waals surface area contributed by atoms with Crippen molar-refractivity contribution in [3.63, 3.8) is 0 Å². The second kappa shape index (κ2) is 8.29. The Balaban J connectivity index is 1.19. The topological polar surface area (TPSA) is 95.1 Å². The number of hydrogen-bond acceptors (Lipinski definition) is 5. The molecule has 2 aliphatic rings. The van der Waals surface area contributed by atoms with Crippen LogP contribution in [0.4, 0.5) is 0 Å². The van der Waals surface area contributed by atoms with Crippen molar-refractivity contribution in [3.05, 3.63) is 59.9 Å². The van der Waals surface area contributed by atoms with E-state index in [1.165, 1.54) is 0 Å². The van der Waals surface area contributed by atoms with Crippen LogP contribution in [0.25, 0.3) is 17.1 Å². The van der Waals surface area contributed by atoms with Crippen LogP contribution in [0.3, 0.4) is 0 Å². The molecule has 0 unspecified atom stereocenters. The van der Waals surface area contributed by atoms with Gasteiger partial charge in [0, 0.05) is 50.2 Å². The Kier molecular flexibility index (Phi) is 5.19. The van der Waals surface area contributed by atoms with Crippen LogP contribution < -0.4 is 0 Å². The lowest BCUT2D eigenvalue weighted by atomic mass is 9.92. The molecule has 4 heterocycles. The summed E-state index contributed by atoms with van der Waals surface area (Å²) >= 11 is 0. The van der Waals surface area contributed by atoms with Crippen LogP contribution in [-0.2, 0) is 4.79 Å². The van der Waals surface area contributed by atoms with E-state index in [1.54, 1.807) is 24.5 Å². The summed E-state index contributed by atoms with van der Waals surface area (Å²) in [6.45, 7) is 2.94. The maximum absolute atomic E-state index is 13.0. The minimum absolute atomic E-state index is 0.0395. The lowest BCUT2D eigenvalue weighted by Gasteiger charge is -2.21. The Labute approximate surface area is 179 Å². The summed E-state index contributed by atoms with van der Waals surface area (Å²) in [4.78, 5) is 33.6. The van der Waals surface area contributed by atoms with Gasteiger partial charge in [-0.15, -0.1) is 5.10 Å². The highest BCUT2D eigenvalue weighted by atomic mass is 16.2. The van der Waals surface area contributed by atoms with Gasteiger partial charge >= 0.3 is 0 Å². The summed E-state index contributed by atoms with van der Waals surface area (Å²) in [7, 11) is 0. The van der Waals surface area contributed by atoms with Crippen LogP contribution in [-0.4, -0.2) is 68.2 Å². The quantitative estimate of drug-likeness (QED) is 0.662. The monoisotopic (exact) mass is 416 g/mol. The lowest BCUT2D eigenvalue weighted by molar-refractivity contribution is -0.126. The number of benzene rings is 1. The number of hydrogen-bond donors (Lipinski definition) is 1. The first-order valence-corrected chi connectivity index (χ1v) is 10.6. The van der Waals surface area contributed by atoms with Gasteiger partial charge in [-0.25, -0.2) is 0 Å². The molecule has 3 aromatic rings. The van der Waals surface area contributed by atoms with E-state index in [2.05, 4.69) is 20.4 Å². The van der Waals surface area contributed by atoms with Crippen molar-refractivity contribution in [2.45, 2.75) is 12.8 Å². The van der Waals surface area contributed by atoms with Crippen molar-refractivity contribution in [1.82, 2.24) is 30.2 Å². The molecule has 2 aromatic heterocycles. The van der Waals surface area contributed by atoms with E-state index in [4.69, 9.17) is 0 Å².